The van der Waals surface area contributed by atoms with Crippen LogP contribution in [0.1, 0.15) is 51.0 Å². The molecule has 3 aromatic heterocycles. The summed E-state index contributed by atoms with van der Waals surface area (Å²) in [6.45, 7) is 4.37. The molecule has 3 aromatic rings. The molecule has 30 heavy (non-hydrogen) atoms. The minimum atomic E-state index is -0.482. The number of morpholine rings is 1. The number of aromatic amines is 1. The number of hydrogen-bond donors (Lipinski definition) is 1. The first-order valence-electron chi connectivity index (χ1n) is 10.9. The van der Waals surface area contributed by atoms with Gasteiger partial charge in [-0.1, -0.05) is 26.2 Å². The Balaban J connectivity index is 1.73. The third kappa shape index (κ3) is 3.05. The maximum Gasteiger partial charge on any atom is 0.167 e. The quantitative estimate of drug-likeness (QED) is 0.714. The Morgan fingerprint density at radius 3 is 2.93 bits per heavy atom. The van der Waals surface area contributed by atoms with E-state index in [1.54, 1.807) is 10.9 Å². The number of fused-ring (bicyclic) bond motifs is 1. The van der Waals surface area contributed by atoms with E-state index in [4.69, 9.17) is 9.72 Å². The van der Waals surface area contributed by atoms with Crippen molar-refractivity contribution in [3.8, 4) is 11.9 Å². The fourth-order valence-electron chi connectivity index (χ4n) is 4.96. The maximum atomic E-state index is 10.3. The molecule has 0 spiro atoms. The van der Waals surface area contributed by atoms with Gasteiger partial charge in [-0.2, -0.15) is 20.1 Å². The molecule has 8 heteroatoms. The lowest BCUT2D eigenvalue weighted by Gasteiger charge is -2.37. The van der Waals surface area contributed by atoms with Crippen LogP contribution in [-0.2, 0) is 10.2 Å². The molecular formula is C22H27N7O. The van der Waals surface area contributed by atoms with E-state index in [0.29, 0.717) is 13.2 Å². The second kappa shape index (κ2) is 7.73. The highest BCUT2D eigenvalue weighted by molar-refractivity contribution is 5.84. The summed E-state index contributed by atoms with van der Waals surface area (Å²) < 4.78 is 7.51. The van der Waals surface area contributed by atoms with Crippen LogP contribution >= 0.6 is 0 Å². The van der Waals surface area contributed by atoms with Crippen LogP contribution in [0.25, 0.3) is 16.9 Å². The highest BCUT2D eigenvalue weighted by atomic mass is 16.5. The number of nitrogens with zero attached hydrogens (tertiary/aromatic N) is 6. The molecular weight excluding hydrogens is 378 g/mol. The van der Waals surface area contributed by atoms with Crippen molar-refractivity contribution in [3.05, 3.63) is 30.1 Å². The Morgan fingerprint density at radius 2 is 2.20 bits per heavy atom. The fourth-order valence-corrected chi connectivity index (χ4v) is 4.96. The highest BCUT2D eigenvalue weighted by Gasteiger charge is 2.37. The van der Waals surface area contributed by atoms with Crippen molar-refractivity contribution in [3.63, 3.8) is 0 Å². The predicted octanol–water partition coefficient (Wildman–Crippen LogP) is 3.48. The molecule has 4 heterocycles. The van der Waals surface area contributed by atoms with Crippen molar-refractivity contribution in [1.29, 1.82) is 5.26 Å². The van der Waals surface area contributed by atoms with Gasteiger partial charge >= 0.3 is 0 Å². The number of anilines is 1. The van der Waals surface area contributed by atoms with Gasteiger partial charge in [-0.15, -0.1) is 0 Å². The summed E-state index contributed by atoms with van der Waals surface area (Å²) in [7, 11) is 0. The normalized spacial score (nSPS) is 21.6. The van der Waals surface area contributed by atoms with Crippen LogP contribution in [0.4, 0.5) is 5.82 Å². The summed E-state index contributed by atoms with van der Waals surface area (Å²) in [5.41, 5.74) is 1.36. The third-order valence-electron chi connectivity index (χ3n) is 6.67. The number of pyridine rings is 1. The Morgan fingerprint density at radius 1 is 1.33 bits per heavy atom. The molecule has 156 valence electrons. The van der Waals surface area contributed by atoms with Crippen LogP contribution in [0.3, 0.4) is 0 Å². The average Bonchev–Trinajstić information content (AvgIpc) is 3.48. The highest BCUT2D eigenvalue weighted by Crippen LogP contribution is 2.43. The smallest absolute Gasteiger partial charge is 0.167 e. The van der Waals surface area contributed by atoms with Crippen LogP contribution in [0.15, 0.2) is 24.5 Å². The van der Waals surface area contributed by atoms with Crippen molar-refractivity contribution in [1.82, 2.24) is 25.0 Å². The molecule has 8 nitrogen and oxygen atoms in total. The van der Waals surface area contributed by atoms with Crippen LogP contribution in [0.5, 0.6) is 0 Å². The van der Waals surface area contributed by atoms with Gasteiger partial charge in [0.15, 0.2) is 11.5 Å². The summed E-state index contributed by atoms with van der Waals surface area (Å²) in [6.07, 6.45) is 9.67. The first kappa shape index (κ1) is 19.1. The van der Waals surface area contributed by atoms with Crippen molar-refractivity contribution in [2.75, 3.05) is 24.7 Å². The van der Waals surface area contributed by atoms with Crippen molar-refractivity contribution >= 4 is 16.9 Å². The molecule has 0 unspecified atom stereocenters. The maximum absolute atomic E-state index is 10.3. The molecule has 0 aromatic carbocycles. The minimum absolute atomic E-state index is 0.282. The van der Waals surface area contributed by atoms with E-state index in [1.807, 2.05) is 12.3 Å². The molecule has 1 saturated carbocycles. The van der Waals surface area contributed by atoms with Crippen LogP contribution in [0.2, 0.25) is 0 Å². The second-order valence-corrected chi connectivity index (χ2v) is 8.35. The summed E-state index contributed by atoms with van der Waals surface area (Å²) in [4.78, 5) is 7.39. The molecule has 1 atom stereocenters. The third-order valence-corrected chi connectivity index (χ3v) is 6.67. The van der Waals surface area contributed by atoms with Crippen molar-refractivity contribution in [2.45, 2.75) is 56.9 Å². The number of nitriles is 1. The Kier molecular flexibility index (Phi) is 4.91. The van der Waals surface area contributed by atoms with Crippen molar-refractivity contribution < 1.29 is 4.74 Å². The largest absolute Gasteiger partial charge is 0.377 e. The van der Waals surface area contributed by atoms with Crippen LogP contribution in [0, 0.1) is 11.3 Å². The SMILES string of the molecule is CC[C@@H]1COCCN1c1cc(C2(C#N)CCCCC2)c2cnn(-c3ccn[nH]3)c2n1. The van der Waals surface area contributed by atoms with E-state index >= 15 is 0 Å². The summed E-state index contributed by atoms with van der Waals surface area (Å²) in [5.74, 6) is 1.68. The number of ether oxygens (including phenoxy) is 1. The Labute approximate surface area is 175 Å². The second-order valence-electron chi connectivity index (χ2n) is 8.35. The number of aromatic nitrogens is 5. The fraction of sp³-hybridized carbons (Fsp3) is 0.545. The molecule has 0 bridgehead atoms. The van der Waals surface area contributed by atoms with Crippen LogP contribution < -0.4 is 4.90 Å². The Hall–Kier alpha value is -2.92. The Bertz CT molecular complexity index is 1060. The van der Waals surface area contributed by atoms with Crippen molar-refractivity contribution in [2.24, 2.45) is 0 Å². The van der Waals surface area contributed by atoms with E-state index in [0.717, 1.165) is 66.9 Å². The lowest BCUT2D eigenvalue weighted by molar-refractivity contribution is 0.0926. The van der Waals surface area contributed by atoms with Gasteiger partial charge in [0, 0.05) is 18.0 Å². The van der Waals surface area contributed by atoms with Crippen LogP contribution in [-0.4, -0.2) is 50.8 Å². The molecule has 0 radical (unpaired) electrons. The van der Waals surface area contributed by atoms with E-state index in [9.17, 15) is 5.26 Å². The van der Waals surface area contributed by atoms with Gasteiger partial charge in [-0.25, -0.2) is 4.98 Å². The summed E-state index contributed by atoms with van der Waals surface area (Å²) in [5, 5.41) is 22.9. The molecule has 1 N–H and O–H groups in total. The summed E-state index contributed by atoms with van der Waals surface area (Å²) in [6, 6.07) is 7.02. The zero-order chi connectivity index (χ0) is 20.6. The van der Waals surface area contributed by atoms with E-state index in [-0.39, 0.29) is 6.04 Å². The molecule has 1 aliphatic carbocycles. The first-order valence-corrected chi connectivity index (χ1v) is 10.9. The standard InChI is InChI=1S/C22H27N7O/c1-2-16-14-30-11-10-28(16)20-12-18(22(15-23)7-4-3-5-8-22)17-13-25-29(21(17)26-20)19-6-9-24-27-19/h6,9,12-13,16H,2-5,7-8,10-11,14H2,1H3,(H,24,27)/t16-/m1/s1. The van der Waals surface area contributed by atoms with Gasteiger partial charge in [0.2, 0.25) is 0 Å². The topological polar surface area (TPSA) is 95.6 Å². The monoisotopic (exact) mass is 405 g/mol. The number of H-pyrrole nitrogens is 1. The van der Waals surface area contributed by atoms with E-state index < -0.39 is 5.41 Å². The van der Waals surface area contributed by atoms with E-state index in [2.05, 4.69) is 39.3 Å². The van der Waals surface area contributed by atoms with E-state index in [1.165, 1.54) is 6.42 Å². The van der Waals surface area contributed by atoms with Gasteiger partial charge in [-0.05, 0) is 30.9 Å². The average molecular weight is 406 g/mol. The molecule has 1 saturated heterocycles. The van der Waals surface area contributed by atoms with Gasteiger partial charge in [0.05, 0.1) is 43.1 Å². The number of nitrogens with one attached hydrogen (secondary N) is 1. The zero-order valence-electron chi connectivity index (χ0n) is 17.3. The summed E-state index contributed by atoms with van der Waals surface area (Å²) >= 11 is 0. The lowest BCUT2D eigenvalue weighted by atomic mass is 9.70. The number of hydrogen-bond acceptors (Lipinski definition) is 6. The number of rotatable bonds is 4. The zero-order valence-corrected chi connectivity index (χ0v) is 17.3. The van der Waals surface area contributed by atoms with Gasteiger partial charge in [0.25, 0.3) is 0 Å². The predicted molar refractivity (Wildman–Crippen MR) is 114 cm³/mol. The molecule has 5 rings (SSSR count). The van der Waals surface area contributed by atoms with Gasteiger partial charge < -0.3 is 9.64 Å². The molecule has 2 aliphatic rings. The molecule has 0 amide bonds. The molecule has 2 fully saturated rings. The minimum Gasteiger partial charge on any atom is -0.377 e. The molecule has 1 aliphatic heterocycles. The van der Waals surface area contributed by atoms with Gasteiger partial charge in [-0.3, -0.25) is 5.10 Å². The van der Waals surface area contributed by atoms with Gasteiger partial charge in [0.1, 0.15) is 5.82 Å². The lowest BCUT2D eigenvalue weighted by Crippen LogP contribution is -2.45. The first-order chi connectivity index (χ1) is 14.8.